The zero-order valence-corrected chi connectivity index (χ0v) is 68.3. The van der Waals surface area contributed by atoms with Gasteiger partial charge in [0.25, 0.3) is 0 Å². The molecule has 32 nitrogen and oxygen atoms in total. The Morgan fingerprint density at radius 1 is 0.190 bits per heavy atom. The second-order valence-corrected chi connectivity index (χ2v) is 23.5. The second kappa shape index (κ2) is 38.3. The Bertz CT molecular complexity index is 5610. The van der Waals surface area contributed by atoms with Crippen molar-refractivity contribution in [2.45, 2.75) is 0 Å². The number of hydrogen-bond donors (Lipinski definition) is 0. The topological polar surface area (TPSA) is 342 Å². The van der Waals surface area contributed by atoms with Crippen LogP contribution in [0.4, 0.5) is 0 Å². The molecule has 0 unspecified atom stereocenters. The summed E-state index contributed by atoms with van der Waals surface area (Å²) >= 11 is 0. The highest BCUT2D eigenvalue weighted by Crippen LogP contribution is 2.55. The molecule has 616 valence electrons. The minimum atomic E-state index is -0.468. The van der Waals surface area contributed by atoms with E-state index in [1.165, 1.54) is 169 Å². The molecule has 32 heteroatoms. The third kappa shape index (κ3) is 16.0. The zero-order valence-electron chi connectivity index (χ0n) is 68.3. The van der Waals surface area contributed by atoms with Crippen LogP contribution in [0.5, 0.6) is 138 Å². The first kappa shape index (κ1) is 85.8. The van der Waals surface area contributed by atoms with Crippen LogP contribution >= 0.6 is 0 Å². The van der Waals surface area contributed by atoms with Crippen molar-refractivity contribution in [2.75, 3.05) is 171 Å². The van der Waals surface area contributed by atoms with Crippen molar-refractivity contribution >= 4 is 43.9 Å². The Morgan fingerprint density at radius 2 is 0.466 bits per heavy atom. The van der Waals surface area contributed by atoms with E-state index < -0.39 is 10.9 Å². The van der Waals surface area contributed by atoms with Crippen molar-refractivity contribution in [1.29, 1.82) is 0 Å². The lowest BCUT2D eigenvalue weighted by Crippen LogP contribution is -2.11. The third-order valence-electron chi connectivity index (χ3n) is 18.0. The van der Waals surface area contributed by atoms with Crippen LogP contribution in [0.3, 0.4) is 0 Å². The van der Waals surface area contributed by atoms with Crippen LogP contribution in [0.2, 0.25) is 0 Å². The van der Waals surface area contributed by atoms with Gasteiger partial charge in [0.1, 0.15) is 44.6 Å². The van der Waals surface area contributed by atoms with E-state index in [2.05, 4.69) is 0 Å². The Labute approximate surface area is 664 Å². The molecule has 8 aromatic carbocycles. The summed E-state index contributed by atoms with van der Waals surface area (Å²) < 4.78 is 154. The molecule has 0 aliphatic heterocycles. The fraction of sp³-hybridized carbons (Fsp3) is 0.286. The summed E-state index contributed by atoms with van der Waals surface area (Å²) in [5.41, 5.74) is 1.62. The molecular weight excluding hydrogens is 1520 g/mol. The predicted octanol–water partition coefficient (Wildman–Crippen LogP) is 14.0. The van der Waals surface area contributed by atoms with Crippen LogP contribution in [-0.2, 0) is 0 Å². The molecule has 0 radical (unpaired) electrons. The van der Waals surface area contributed by atoms with Crippen LogP contribution in [0.15, 0.2) is 134 Å². The van der Waals surface area contributed by atoms with Gasteiger partial charge < -0.3 is 131 Å². The Hall–Kier alpha value is -14.2. The summed E-state index contributed by atoms with van der Waals surface area (Å²) in [5.74, 6) is 8.34. The molecule has 0 saturated heterocycles. The van der Waals surface area contributed by atoms with E-state index in [1.54, 1.807) is 99.1 Å². The van der Waals surface area contributed by atoms with Crippen molar-refractivity contribution in [1.82, 2.24) is 0 Å². The lowest BCUT2D eigenvalue weighted by atomic mass is 10.1. The van der Waals surface area contributed by atoms with Gasteiger partial charge in [0, 0.05) is 40.5 Å². The monoisotopic (exact) mass is 1610 g/mol. The Morgan fingerprint density at radius 3 is 0.793 bits per heavy atom. The molecule has 0 aliphatic rings. The Kier molecular flexibility index (Phi) is 28.4. The molecule has 116 heavy (non-hydrogen) atoms. The fourth-order valence-corrected chi connectivity index (χ4v) is 12.7. The largest absolute Gasteiger partial charge is 0.497 e. The minimum Gasteiger partial charge on any atom is -0.497 e. The molecule has 4 heterocycles. The highest BCUT2D eigenvalue weighted by atomic mass is 16.6. The molecule has 0 saturated carbocycles. The SMILES string of the molecule is COc1ccc(-c2cc(=O)c3c(OC)c(OC)c(OC)c(OC)c3o2)cc1.COc1ccc(-c2cc(=O)c3c(OC)cc(OC)c(OC)c3o2)cc1OC.COc1ccc(-c2oc3c(OC)c(OC)c(OC)c(OC)c3c(=O)c2OC)cc1OC.COc1ccc(-c2oc3c(OC)c(OC)c(OC)c(OC)c3c(=O)c2OC)cc1OC. The zero-order chi connectivity index (χ0) is 84.5. The van der Waals surface area contributed by atoms with Gasteiger partial charge in [-0.25, -0.2) is 0 Å². The highest BCUT2D eigenvalue weighted by Gasteiger charge is 2.34. The fourth-order valence-electron chi connectivity index (χ4n) is 12.7. The molecule has 12 aromatic rings. The molecule has 0 N–H and O–H groups in total. The number of fused-ring (bicyclic) bond motifs is 4. The van der Waals surface area contributed by atoms with Gasteiger partial charge in [0.05, 0.1) is 171 Å². The van der Waals surface area contributed by atoms with Gasteiger partial charge in [-0.2, -0.15) is 0 Å². The van der Waals surface area contributed by atoms with Crippen LogP contribution in [0.25, 0.3) is 89.2 Å². The van der Waals surface area contributed by atoms with Gasteiger partial charge in [0.2, 0.25) is 79.9 Å². The molecule has 0 fully saturated rings. The van der Waals surface area contributed by atoms with E-state index in [9.17, 15) is 19.2 Å². The summed E-state index contributed by atoms with van der Waals surface area (Å²) in [6, 6.07) is 27.0. The minimum absolute atomic E-state index is 0.0210. The van der Waals surface area contributed by atoms with Crippen LogP contribution < -0.4 is 135 Å². The van der Waals surface area contributed by atoms with E-state index >= 15 is 0 Å². The first-order valence-corrected chi connectivity index (χ1v) is 34.4. The van der Waals surface area contributed by atoms with Crippen LogP contribution in [0.1, 0.15) is 0 Å². The van der Waals surface area contributed by atoms with E-state index in [1.807, 2.05) is 0 Å². The van der Waals surface area contributed by atoms with Crippen molar-refractivity contribution in [3.8, 4) is 183 Å². The summed E-state index contributed by atoms with van der Waals surface area (Å²) in [4.78, 5) is 52.6. The quantitative estimate of drug-likeness (QED) is 0.0439. The Balaban J connectivity index is 0.000000177. The van der Waals surface area contributed by atoms with Crippen molar-refractivity contribution in [3.05, 3.63) is 138 Å². The normalized spacial score (nSPS) is 10.6. The van der Waals surface area contributed by atoms with Gasteiger partial charge in [-0.3, -0.25) is 19.2 Å². The van der Waals surface area contributed by atoms with E-state index in [4.69, 9.17) is 131 Å². The molecule has 0 bridgehead atoms. The molecule has 0 atom stereocenters. The molecule has 4 aromatic heterocycles. The summed E-state index contributed by atoms with van der Waals surface area (Å²) in [6.45, 7) is 0. The molecule has 12 rings (SSSR count). The molecule has 0 spiro atoms. The van der Waals surface area contributed by atoms with Gasteiger partial charge in [0.15, 0.2) is 102 Å². The van der Waals surface area contributed by atoms with Gasteiger partial charge in [-0.1, -0.05) is 0 Å². The smallest absolute Gasteiger partial charge is 0.239 e. The average Bonchev–Trinajstić information content (AvgIpc) is 0.752. The molecular formula is C84H88O32. The number of ether oxygens (including phenoxy) is 24. The standard InChI is InChI=1S/2C22H24O9.2C20H20O7/c2*1-24-12-9-8-11(10-13(12)25-2)16-19(27-4)15(23)14-17(26-3)20(28-5)22(30-7)21(29-6)18(14)31-16;1-22-12-8-6-11(7-9-12)14-10-13(21)15-16(23-2)18(24-3)20(26-5)19(25-4)17(15)27-14;1-22-13-7-6-11(8-15(13)23-2)14-9-12(21)18-16(24-3)10-17(25-4)19(26-5)20(18)27-14/h2*8-10H,1-7H3;2*6-10H,1-5H3. The van der Waals surface area contributed by atoms with Gasteiger partial charge in [-0.05, 0) is 78.9 Å². The first-order chi connectivity index (χ1) is 56.2. The lowest BCUT2D eigenvalue weighted by molar-refractivity contribution is 0.306. The third-order valence-corrected chi connectivity index (χ3v) is 18.0. The van der Waals surface area contributed by atoms with Crippen molar-refractivity contribution < 1.29 is 131 Å². The predicted molar refractivity (Wildman–Crippen MR) is 429 cm³/mol. The number of benzene rings is 8. The van der Waals surface area contributed by atoms with Crippen LogP contribution in [0, 0.1) is 0 Å². The lowest BCUT2D eigenvalue weighted by Gasteiger charge is -2.19. The first-order valence-electron chi connectivity index (χ1n) is 34.4. The van der Waals surface area contributed by atoms with E-state index in [-0.39, 0.29) is 147 Å². The number of hydrogen-bond acceptors (Lipinski definition) is 32. The molecule has 0 amide bonds. The maximum atomic E-state index is 13.5. The van der Waals surface area contributed by atoms with Crippen molar-refractivity contribution in [3.63, 3.8) is 0 Å². The van der Waals surface area contributed by atoms with Gasteiger partial charge >= 0.3 is 0 Å². The summed E-state index contributed by atoms with van der Waals surface area (Å²) in [6.07, 6.45) is 0. The average molecular weight is 1610 g/mol. The summed E-state index contributed by atoms with van der Waals surface area (Å²) in [7, 11) is 35.3. The van der Waals surface area contributed by atoms with Crippen LogP contribution in [-0.4, -0.2) is 171 Å². The second-order valence-electron chi connectivity index (χ2n) is 23.5. The summed E-state index contributed by atoms with van der Waals surface area (Å²) in [5, 5.41) is 0.680. The van der Waals surface area contributed by atoms with E-state index in [0.717, 1.165) is 0 Å². The van der Waals surface area contributed by atoms with E-state index in [0.29, 0.717) is 91.3 Å². The maximum Gasteiger partial charge on any atom is 0.239 e. The molecule has 0 aliphatic carbocycles. The highest BCUT2D eigenvalue weighted by molar-refractivity contribution is 5.99. The maximum absolute atomic E-state index is 13.5. The number of methoxy groups -OCH3 is 24. The number of rotatable bonds is 28. The van der Waals surface area contributed by atoms with Gasteiger partial charge in [-0.15, -0.1) is 0 Å². The van der Waals surface area contributed by atoms with Crippen molar-refractivity contribution in [2.24, 2.45) is 0 Å².